The molecule has 0 spiro atoms. The van der Waals surface area contributed by atoms with Crippen molar-refractivity contribution in [1.29, 1.82) is 0 Å². The molecule has 6 heteroatoms. The highest BCUT2D eigenvalue weighted by atomic mass is 35.7. The minimum atomic E-state index is -3.69. The minimum absolute atomic E-state index is 0.0395. The summed E-state index contributed by atoms with van der Waals surface area (Å²) in [5.74, 6) is 2.43. The zero-order chi connectivity index (χ0) is 12.0. The van der Waals surface area contributed by atoms with E-state index >= 15 is 0 Å². The van der Waals surface area contributed by atoms with E-state index in [1.54, 1.807) is 6.33 Å². The lowest BCUT2D eigenvalue weighted by Crippen LogP contribution is -2.16. The van der Waals surface area contributed by atoms with Gasteiger partial charge in [-0.1, -0.05) is 6.42 Å². The van der Waals surface area contributed by atoms with Gasteiger partial charge in [0.15, 0.2) is 5.03 Å². The van der Waals surface area contributed by atoms with E-state index in [2.05, 4.69) is 4.98 Å². The van der Waals surface area contributed by atoms with Gasteiger partial charge in [0.05, 0.1) is 6.33 Å². The first kappa shape index (κ1) is 11.5. The van der Waals surface area contributed by atoms with Crippen molar-refractivity contribution < 1.29 is 8.42 Å². The van der Waals surface area contributed by atoms with Crippen molar-refractivity contribution >= 4 is 19.7 Å². The fourth-order valence-electron chi connectivity index (χ4n) is 3.44. The number of halogens is 1. The second kappa shape index (κ2) is 3.99. The average Bonchev–Trinajstić information content (AvgIpc) is 2.89. The monoisotopic (exact) mass is 274 g/mol. The molecule has 4 nitrogen and oxygen atoms in total. The molecule has 3 atom stereocenters. The molecule has 1 heterocycles. The van der Waals surface area contributed by atoms with Crippen LogP contribution in [0.15, 0.2) is 17.6 Å². The predicted molar refractivity (Wildman–Crippen MR) is 64.2 cm³/mol. The zero-order valence-corrected chi connectivity index (χ0v) is 11.0. The summed E-state index contributed by atoms with van der Waals surface area (Å²) in [5, 5.41) is -0.0395. The second-order valence-electron chi connectivity index (χ2n) is 5.28. The number of rotatable bonds is 3. The first-order chi connectivity index (χ1) is 8.02. The molecule has 0 aliphatic heterocycles. The topological polar surface area (TPSA) is 52.0 Å². The molecule has 3 unspecified atom stereocenters. The van der Waals surface area contributed by atoms with Gasteiger partial charge in [-0.3, -0.25) is 0 Å². The molecule has 1 aromatic heterocycles. The van der Waals surface area contributed by atoms with Gasteiger partial charge in [0, 0.05) is 23.4 Å². The first-order valence-electron chi connectivity index (χ1n) is 5.99. The summed E-state index contributed by atoms with van der Waals surface area (Å²) in [6, 6.07) is 0. The van der Waals surface area contributed by atoms with Crippen LogP contribution < -0.4 is 0 Å². The SMILES string of the molecule is O=S(=O)(Cl)c1cn(CC2CC3CCC2C3)cn1. The van der Waals surface area contributed by atoms with Crippen molar-refractivity contribution in [3.8, 4) is 0 Å². The molecular formula is C11H15ClN2O2S. The van der Waals surface area contributed by atoms with E-state index in [4.69, 9.17) is 10.7 Å². The van der Waals surface area contributed by atoms with E-state index in [9.17, 15) is 8.42 Å². The third-order valence-corrected chi connectivity index (χ3v) is 5.37. The van der Waals surface area contributed by atoms with E-state index in [0.717, 1.165) is 18.4 Å². The van der Waals surface area contributed by atoms with E-state index in [1.807, 2.05) is 4.57 Å². The Labute approximate surface area is 105 Å². The van der Waals surface area contributed by atoms with Crippen molar-refractivity contribution in [2.24, 2.45) is 17.8 Å². The van der Waals surface area contributed by atoms with Crippen molar-refractivity contribution in [3.05, 3.63) is 12.5 Å². The quantitative estimate of drug-likeness (QED) is 0.795. The van der Waals surface area contributed by atoms with E-state index in [0.29, 0.717) is 5.92 Å². The van der Waals surface area contributed by atoms with Gasteiger partial charge in [-0.25, -0.2) is 13.4 Å². The minimum Gasteiger partial charge on any atom is -0.336 e. The summed E-state index contributed by atoms with van der Waals surface area (Å²) < 4.78 is 24.1. The Morgan fingerprint density at radius 1 is 1.41 bits per heavy atom. The lowest BCUT2D eigenvalue weighted by molar-refractivity contribution is 0.295. The Hall–Kier alpha value is -0.550. The van der Waals surface area contributed by atoms with Crippen LogP contribution in [0.2, 0.25) is 0 Å². The number of hydrogen-bond acceptors (Lipinski definition) is 3. The highest BCUT2D eigenvalue weighted by Gasteiger charge is 2.39. The molecule has 2 aliphatic carbocycles. The molecule has 0 saturated heterocycles. The van der Waals surface area contributed by atoms with Crippen LogP contribution in [-0.4, -0.2) is 18.0 Å². The Morgan fingerprint density at radius 3 is 2.76 bits per heavy atom. The van der Waals surface area contributed by atoms with Gasteiger partial charge >= 0.3 is 0 Å². The highest BCUT2D eigenvalue weighted by molar-refractivity contribution is 8.13. The summed E-state index contributed by atoms with van der Waals surface area (Å²) in [6.45, 7) is 0.876. The van der Waals surface area contributed by atoms with Gasteiger partial charge in [0.25, 0.3) is 9.05 Å². The summed E-state index contributed by atoms with van der Waals surface area (Å²) >= 11 is 0. The van der Waals surface area contributed by atoms with E-state index in [1.165, 1.54) is 31.9 Å². The molecule has 0 radical (unpaired) electrons. The van der Waals surface area contributed by atoms with E-state index in [-0.39, 0.29) is 5.03 Å². The molecule has 2 bridgehead atoms. The van der Waals surface area contributed by atoms with Crippen LogP contribution in [0.4, 0.5) is 0 Å². The van der Waals surface area contributed by atoms with Crippen LogP contribution >= 0.6 is 10.7 Å². The number of nitrogens with zero attached hydrogens (tertiary/aromatic N) is 2. The Bertz CT molecular complexity index is 525. The highest BCUT2D eigenvalue weighted by Crippen LogP contribution is 2.48. The normalized spacial score (nSPS) is 32.2. The predicted octanol–water partition coefficient (Wildman–Crippen LogP) is 2.25. The standard InChI is InChI=1S/C11H15ClN2O2S/c12-17(15,16)11-6-14(7-13-11)5-10-4-8-1-2-9(10)3-8/h6-10H,1-5H2. The van der Waals surface area contributed by atoms with Gasteiger partial charge in [-0.2, -0.15) is 0 Å². The molecule has 0 aromatic carbocycles. The molecule has 1 aromatic rings. The Balaban J connectivity index is 1.72. The van der Waals surface area contributed by atoms with Crippen molar-refractivity contribution in [2.45, 2.75) is 37.3 Å². The van der Waals surface area contributed by atoms with Crippen LogP contribution in [0.25, 0.3) is 0 Å². The van der Waals surface area contributed by atoms with Crippen LogP contribution in [0, 0.1) is 17.8 Å². The molecule has 94 valence electrons. The maximum Gasteiger partial charge on any atom is 0.280 e. The third-order valence-electron chi connectivity index (χ3n) is 4.19. The number of imidazole rings is 1. The second-order valence-corrected chi connectivity index (χ2v) is 7.79. The number of hydrogen-bond donors (Lipinski definition) is 0. The fourth-order valence-corrected chi connectivity index (χ4v) is 4.11. The third kappa shape index (κ3) is 2.22. The Kier molecular flexibility index (Phi) is 2.70. The van der Waals surface area contributed by atoms with Gasteiger partial charge < -0.3 is 4.57 Å². The van der Waals surface area contributed by atoms with Gasteiger partial charge in [0.2, 0.25) is 0 Å². The average molecular weight is 275 g/mol. The van der Waals surface area contributed by atoms with Crippen LogP contribution in [0.1, 0.15) is 25.7 Å². The number of aromatic nitrogens is 2. The van der Waals surface area contributed by atoms with Crippen molar-refractivity contribution in [1.82, 2.24) is 9.55 Å². The molecular weight excluding hydrogens is 260 g/mol. The molecule has 0 N–H and O–H groups in total. The maximum absolute atomic E-state index is 11.1. The summed E-state index contributed by atoms with van der Waals surface area (Å²) in [6.07, 6.45) is 8.47. The van der Waals surface area contributed by atoms with E-state index < -0.39 is 9.05 Å². The molecule has 17 heavy (non-hydrogen) atoms. The molecule has 2 fully saturated rings. The molecule has 3 rings (SSSR count). The van der Waals surface area contributed by atoms with Crippen LogP contribution in [0.5, 0.6) is 0 Å². The van der Waals surface area contributed by atoms with Crippen LogP contribution in [-0.2, 0) is 15.6 Å². The summed E-state index contributed by atoms with van der Waals surface area (Å²) in [7, 11) is 1.56. The number of fused-ring (bicyclic) bond motifs is 2. The maximum atomic E-state index is 11.1. The first-order valence-corrected chi connectivity index (χ1v) is 8.30. The molecule has 2 aliphatic rings. The molecule has 2 saturated carbocycles. The van der Waals surface area contributed by atoms with Crippen LogP contribution in [0.3, 0.4) is 0 Å². The largest absolute Gasteiger partial charge is 0.336 e. The summed E-state index contributed by atoms with van der Waals surface area (Å²) in [4.78, 5) is 3.83. The zero-order valence-electron chi connectivity index (χ0n) is 9.42. The summed E-state index contributed by atoms with van der Waals surface area (Å²) in [5.41, 5.74) is 0. The fraction of sp³-hybridized carbons (Fsp3) is 0.727. The molecule has 0 amide bonds. The van der Waals surface area contributed by atoms with Gasteiger partial charge in [0.1, 0.15) is 0 Å². The van der Waals surface area contributed by atoms with Gasteiger partial charge in [-0.15, -0.1) is 0 Å². The smallest absolute Gasteiger partial charge is 0.280 e. The lowest BCUT2D eigenvalue weighted by Gasteiger charge is -2.21. The lowest BCUT2D eigenvalue weighted by atomic mass is 9.89. The van der Waals surface area contributed by atoms with Gasteiger partial charge in [-0.05, 0) is 37.0 Å². The van der Waals surface area contributed by atoms with Crippen molar-refractivity contribution in [3.63, 3.8) is 0 Å². The van der Waals surface area contributed by atoms with Crippen molar-refractivity contribution in [2.75, 3.05) is 0 Å². The Morgan fingerprint density at radius 2 is 2.24 bits per heavy atom.